The lowest BCUT2D eigenvalue weighted by Gasteiger charge is -2.33. The summed E-state index contributed by atoms with van der Waals surface area (Å²) in [5.41, 5.74) is 1.90. The van der Waals surface area contributed by atoms with E-state index < -0.39 is 0 Å². The highest BCUT2D eigenvalue weighted by atomic mass is 35.5. The molecule has 174 valence electrons. The highest BCUT2D eigenvalue weighted by Crippen LogP contribution is 2.21. The third-order valence-electron chi connectivity index (χ3n) is 4.52. The first-order valence-electron chi connectivity index (χ1n) is 10.6. The average molecular weight is 469 g/mol. The third-order valence-corrected chi connectivity index (χ3v) is 4.52. The number of halogens is 2. The summed E-state index contributed by atoms with van der Waals surface area (Å²) in [6.45, 7) is 16.3. The van der Waals surface area contributed by atoms with Crippen LogP contribution in [0, 0.1) is 0 Å². The van der Waals surface area contributed by atoms with Crippen LogP contribution < -0.4 is 5.32 Å². The SMILES string of the molecule is C=C(C)Cl.C=CC.CC(C)NC1CCN(C(=O)c2cc3ccccc3n2C)CC1.CCl. The number of para-hydroxylation sites is 1. The van der Waals surface area contributed by atoms with Gasteiger partial charge in [0.25, 0.3) is 5.91 Å². The maximum Gasteiger partial charge on any atom is 0.270 e. The number of carbonyl (C=O) groups is 1. The molecule has 1 aliphatic heterocycles. The summed E-state index contributed by atoms with van der Waals surface area (Å²) in [6, 6.07) is 11.2. The summed E-state index contributed by atoms with van der Waals surface area (Å²) in [5.74, 6) is 0.154. The molecular formula is C25H39Cl2N3O. The standard InChI is InChI=1S/C18H25N3O.C3H5Cl.C3H6.CH3Cl/c1-13(2)19-15-8-10-21(11-9-15)18(22)17-12-14-6-4-5-7-16(14)20(17)3;1-3(2)4;1-3-2;1-2/h4-7,12-13,15,19H,8-11H2,1-3H3;1H2,2H3;3H,1H2,2H3;1H3. The Morgan fingerprint density at radius 3 is 2.16 bits per heavy atom. The molecule has 0 aliphatic carbocycles. The average Bonchev–Trinajstić information content (AvgIpc) is 3.06. The number of aryl methyl sites for hydroxylation is 1. The number of nitrogens with zero attached hydrogens (tertiary/aromatic N) is 2. The van der Waals surface area contributed by atoms with E-state index in [0.717, 1.165) is 42.5 Å². The summed E-state index contributed by atoms with van der Waals surface area (Å²) in [7, 11) is 1.97. The van der Waals surface area contributed by atoms with Crippen LogP contribution in [-0.4, -0.2) is 46.9 Å². The second kappa shape index (κ2) is 16.0. The first-order chi connectivity index (χ1) is 14.7. The van der Waals surface area contributed by atoms with Gasteiger partial charge in [0.1, 0.15) is 5.69 Å². The van der Waals surface area contributed by atoms with Crippen molar-refractivity contribution >= 4 is 40.0 Å². The molecule has 31 heavy (non-hydrogen) atoms. The predicted molar refractivity (Wildman–Crippen MR) is 138 cm³/mol. The Morgan fingerprint density at radius 1 is 1.23 bits per heavy atom. The number of aromatic nitrogens is 1. The number of fused-ring (bicyclic) bond motifs is 1. The maximum absolute atomic E-state index is 12.8. The Labute approximate surface area is 198 Å². The molecule has 0 spiro atoms. The summed E-state index contributed by atoms with van der Waals surface area (Å²) < 4.78 is 2.01. The van der Waals surface area contributed by atoms with Gasteiger partial charge in [0.2, 0.25) is 0 Å². The number of alkyl halides is 1. The molecule has 3 rings (SSSR count). The van der Waals surface area contributed by atoms with Crippen LogP contribution in [0.2, 0.25) is 0 Å². The summed E-state index contributed by atoms with van der Waals surface area (Å²) in [6.07, 6.45) is 5.29. The van der Waals surface area contributed by atoms with E-state index in [0.29, 0.717) is 17.1 Å². The summed E-state index contributed by atoms with van der Waals surface area (Å²) >= 11 is 9.72. The van der Waals surface area contributed by atoms with Gasteiger partial charge in [-0.25, -0.2) is 0 Å². The van der Waals surface area contributed by atoms with Gasteiger partial charge in [-0.15, -0.1) is 18.2 Å². The lowest BCUT2D eigenvalue weighted by atomic mass is 10.0. The molecule has 6 heteroatoms. The molecule has 1 aromatic heterocycles. The van der Waals surface area contributed by atoms with Gasteiger partial charge in [-0.2, -0.15) is 0 Å². The van der Waals surface area contributed by atoms with Crippen molar-refractivity contribution in [3.05, 3.63) is 60.3 Å². The van der Waals surface area contributed by atoms with Gasteiger partial charge in [0, 0.05) is 54.5 Å². The Kier molecular flexibility index (Phi) is 15.1. The van der Waals surface area contributed by atoms with Gasteiger partial charge in [-0.1, -0.05) is 56.3 Å². The van der Waals surface area contributed by atoms with Gasteiger partial charge in [0.15, 0.2) is 0 Å². The number of amides is 1. The summed E-state index contributed by atoms with van der Waals surface area (Å²) in [5, 5.41) is 5.34. The highest BCUT2D eigenvalue weighted by Gasteiger charge is 2.25. The van der Waals surface area contributed by atoms with Crippen LogP contribution in [0.5, 0.6) is 0 Å². The number of likely N-dealkylation sites (tertiary alicyclic amines) is 1. The smallest absolute Gasteiger partial charge is 0.270 e. The van der Waals surface area contributed by atoms with Crippen LogP contribution >= 0.6 is 23.2 Å². The fraction of sp³-hybridized carbons (Fsp3) is 0.480. The molecule has 0 radical (unpaired) electrons. The fourth-order valence-electron chi connectivity index (χ4n) is 3.38. The molecule has 0 unspecified atom stereocenters. The van der Waals surface area contributed by atoms with Crippen molar-refractivity contribution in [2.75, 3.05) is 19.5 Å². The molecule has 4 nitrogen and oxygen atoms in total. The maximum atomic E-state index is 12.8. The monoisotopic (exact) mass is 467 g/mol. The van der Waals surface area contributed by atoms with Crippen molar-refractivity contribution < 1.29 is 4.79 Å². The van der Waals surface area contributed by atoms with E-state index in [-0.39, 0.29) is 5.91 Å². The Morgan fingerprint density at radius 2 is 1.71 bits per heavy atom. The third kappa shape index (κ3) is 10.4. The molecule has 0 bridgehead atoms. The van der Waals surface area contributed by atoms with Gasteiger partial charge < -0.3 is 14.8 Å². The normalized spacial score (nSPS) is 13.3. The van der Waals surface area contributed by atoms with Crippen LogP contribution in [0.1, 0.15) is 51.0 Å². The molecule has 0 saturated carbocycles. The number of hydrogen-bond acceptors (Lipinski definition) is 2. The Hall–Kier alpha value is -1.75. The second-order valence-corrected chi connectivity index (χ2v) is 8.26. The number of carbonyl (C=O) groups excluding carboxylic acids is 1. The first kappa shape index (κ1) is 29.2. The molecule has 2 heterocycles. The van der Waals surface area contributed by atoms with Gasteiger partial charge >= 0.3 is 0 Å². The first-order valence-corrected chi connectivity index (χ1v) is 11.7. The van der Waals surface area contributed by atoms with Gasteiger partial charge in [0.05, 0.1) is 0 Å². The van der Waals surface area contributed by atoms with Crippen LogP contribution in [0.4, 0.5) is 0 Å². The predicted octanol–water partition coefficient (Wildman–Crippen LogP) is 6.59. The lowest BCUT2D eigenvalue weighted by Crippen LogP contribution is -2.46. The minimum Gasteiger partial charge on any atom is -0.340 e. The van der Waals surface area contributed by atoms with Crippen molar-refractivity contribution in [2.24, 2.45) is 7.05 Å². The number of piperidine rings is 1. The van der Waals surface area contributed by atoms with E-state index in [4.69, 9.17) is 11.6 Å². The van der Waals surface area contributed by atoms with E-state index in [1.165, 1.54) is 6.38 Å². The molecule has 2 aromatic rings. The van der Waals surface area contributed by atoms with E-state index in [1.54, 1.807) is 13.0 Å². The molecule has 1 aliphatic rings. The van der Waals surface area contributed by atoms with Crippen LogP contribution in [0.15, 0.2) is 54.6 Å². The largest absolute Gasteiger partial charge is 0.340 e. The number of allylic oxidation sites excluding steroid dienone is 2. The topological polar surface area (TPSA) is 37.3 Å². The number of benzene rings is 1. The van der Waals surface area contributed by atoms with Crippen LogP contribution in [-0.2, 0) is 7.05 Å². The second-order valence-electron chi connectivity index (χ2n) is 7.62. The number of rotatable bonds is 3. The van der Waals surface area contributed by atoms with Crippen molar-refractivity contribution in [1.82, 2.24) is 14.8 Å². The molecule has 1 aromatic carbocycles. The molecule has 1 fully saturated rings. The van der Waals surface area contributed by atoms with Crippen LogP contribution in [0.3, 0.4) is 0 Å². The molecule has 1 saturated heterocycles. The zero-order valence-electron chi connectivity index (χ0n) is 19.9. The summed E-state index contributed by atoms with van der Waals surface area (Å²) in [4.78, 5) is 14.8. The van der Waals surface area contributed by atoms with E-state index in [9.17, 15) is 4.79 Å². The Bertz CT molecular complexity index is 802. The molecule has 0 atom stereocenters. The fourth-order valence-corrected chi connectivity index (χ4v) is 3.38. The zero-order valence-corrected chi connectivity index (χ0v) is 21.4. The van der Waals surface area contributed by atoms with Crippen molar-refractivity contribution in [3.8, 4) is 0 Å². The number of nitrogens with one attached hydrogen (secondary N) is 1. The quantitative estimate of drug-likeness (QED) is 0.408. The van der Waals surface area contributed by atoms with Gasteiger partial charge in [-0.05, 0) is 38.8 Å². The van der Waals surface area contributed by atoms with E-state index in [2.05, 4.69) is 56.1 Å². The van der Waals surface area contributed by atoms with Crippen LogP contribution in [0.25, 0.3) is 10.9 Å². The zero-order chi connectivity index (χ0) is 24.0. The molecule has 1 amide bonds. The van der Waals surface area contributed by atoms with Crippen molar-refractivity contribution in [3.63, 3.8) is 0 Å². The minimum atomic E-state index is 0.154. The van der Waals surface area contributed by atoms with Gasteiger partial charge in [-0.3, -0.25) is 4.79 Å². The van der Waals surface area contributed by atoms with Crippen molar-refractivity contribution in [1.29, 1.82) is 0 Å². The Balaban J connectivity index is 0.000000865. The number of hydrogen-bond donors (Lipinski definition) is 1. The highest BCUT2D eigenvalue weighted by molar-refractivity contribution is 6.28. The molecule has 1 N–H and O–H groups in total. The van der Waals surface area contributed by atoms with E-state index >= 15 is 0 Å². The molecular weight excluding hydrogens is 429 g/mol. The van der Waals surface area contributed by atoms with Crippen molar-refractivity contribution in [2.45, 2.75) is 52.6 Å². The lowest BCUT2D eigenvalue weighted by molar-refractivity contribution is 0.0694. The minimum absolute atomic E-state index is 0.154. The van der Waals surface area contributed by atoms with E-state index in [1.807, 2.05) is 41.6 Å².